The summed E-state index contributed by atoms with van der Waals surface area (Å²) in [6.45, 7) is 1.57. The maximum Gasteiger partial charge on any atom is 0.335 e. The standard InChI is InChI=1S/C12H14O6S/c1-8-4-5-9(12(15)16)7-10(8)19(17,18)6-2-3-11(13)14/h4-5,7H,2-3,6H2,1H3,(H,13,14)(H,15,16). The van der Waals surface area contributed by atoms with Crippen molar-refractivity contribution in [2.24, 2.45) is 0 Å². The first-order valence-electron chi connectivity index (χ1n) is 5.52. The fourth-order valence-electron chi connectivity index (χ4n) is 1.59. The largest absolute Gasteiger partial charge is 0.481 e. The van der Waals surface area contributed by atoms with E-state index in [2.05, 4.69) is 0 Å². The molecule has 0 heterocycles. The van der Waals surface area contributed by atoms with Crippen molar-refractivity contribution in [3.8, 4) is 0 Å². The molecule has 1 rings (SSSR count). The van der Waals surface area contributed by atoms with Crippen LogP contribution in [0.15, 0.2) is 23.1 Å². The van der Waals surface area contributed by atoms with E-state index in [0.29, 0.717) is 5.56 Å². The molecule has 0 aromatic heterocycles. The maximum atomic E-state index is 12.0. The quantitative estimate of drug-likeness (QED) is 0.816. The Morgan fingerprint density at radius 3 is 2.37 bits per heavy atom. The zero-order valence-electron chi connectivity index (χ0n) is 10.3. The molecule has 0 aliphatic heterocycles. The van der Waals surface area contributed by atoms with Crippen LogP contribution >= 0.6 is 0 Å². The third kappa shape index (κ3) is 4.06. The zero-order chi connectivity index (χ0) is 14.6. The van der Waals surface area contributed by atoms with Crippen LogP contribution in [0.5, 0.6) is 0 Å². The van der Waals surface area contributed by atoms with Crippen LogP contribution in [0.4, 0.5) is 0 Å². The number of aryl methyl sites for hydroxylation is 1. The van der Waals surface area contributed by atoms with Crippen molar-refractivity contribution in [2.45, 2.75) is 24.7 Å². The second-order valence-electron chi connectivity index (χ2n) is 4.10. The smallest absolute Gasteiger partial charge is 0.335 e. The number of aliphatic carboxylic acids is 1. The molecule has 0 saturated heterocycles. The lowest BCUT2D eigenvalue weighted by molar-refractivity contribution is -0.137. The average molecular weight is 286 g/mol. The lowest BCUT2D eigenvalue weighted by Crippen LogP contribution is -2.11. The topological polar surface area (TPSA) is 109 Å². The molecule has 1 aromatic rings. The van der Waals surface area contributed by atoms with Crippen LogP contribution in [0, 0.1) is 6.92 Å². The first kappa shape index (κ1) is 15.2. The van der Waals surface area contributed by atoms with Gasteiger partial charge >= 0.3 is 11.9 Å². The van der Waals surface area contributed by atoms with Crippen LogP contribution in [0.25, 0.3) is 0 Å². The molecular formula is C12H14O6S. The van der Waals surface area contributed by atoms with Gasteiger partial charge in [-0.1, -0.05) is 6.07 Å². The number of benzene rings is 1. The highest BCUT2D eigenvalue weighted by molar-refractivity contribution is 7.91. The summed E-state index contributed by atoms with van der Waals surface area (Å²) in [6.07, 6.45) is -0.245. The van der Waals surface area contributed by atoms with E-state index in [1.165, 1.54) is 12.1 Å². The van der Waals surface area contributed by atoms with E-state index < -0.39 is 21.8 Å². The van der Waals surface area contributed by atoms with E-state index in [0.717, 1.165) is 6.07 Å². The predicted molar refractivity (Wildman–Crippen MR) is 67.1 cm³/mol. The summed E-state index contributed by atoms with van der Waals surface area (Å²) in [5, 5.41) is 17.3. The molecule has 6 nitrogen and oxygen atoms in total. The van der Waals surface area contributed by atoms with Crippen LogP contribution in [0.2, 0.25) is 0 Å². The highest BCUT2D eigenvalue weighted by Gasteiger charge is 2.19. The monoisotopic (exact) mass is 286 g/mol. The third-order valence-electron chi connectivity index (χ3n) is 2.57. The molecule has 0 aliphatic rings. The number of carbonyl (C=O) groups is 2. The summed E-state index contributed by atoms with van der Waals surface area (Å²) in [7, 11) is -3.67. The van der Waals surface area contributed by atoms with E-state index in [1.54, 1.807) is 6.92 Å². The minimum absolute atomic E-state index is 0.00555. The predicted octanol–water partition coefficient (Wildman–Crippen LogP) is 1.33. The van der Waals surface area contributed by atoms with Gasteiger partial charge in [-0.2, -0.15) is 0 Å². The SMILES string of the molecule is Cc1ccc(C(=O)O)cc1S(=O)(=O)CCCC(=O)O. The highest BCUT2D eigenvalue weighted by atomic mass is 32.2. The zero-order valence-corrected chi connectivity index (χ0v) is 11.1. The van der Waals surface area contributed by atoms with Crippen molar-refractivity contribution in [1.82, 2.24) is 0 Å². The molecule has 104 valence electrons. The minimum Gasteiger partial charge on any atom is -0.481 e. The summed E-state index contributed by atoms with van der Waals surface area (Å²) in [6, 6.07) is 3.86. The summed E-state index contributed by atoms with van der Waals surface area (Å²) in [5.74, 6) is -2.59. The highest BCUT2D eigenvalue weighted by Crippen LogP contribution is 2.19. The van der Waals surface area contributed by atoms with Crippen LogP contribution in [0.3, 0.4) is 0 Å². The van der Waals surface area contributed by atoms with Gasteiger partial charge in [-0.05, 0) is 31.0 Å². The Morgan fingerprint density at radius 2 is 1.84 bits per heavy atom. The lowest BCUT2D eigenvalue weighted by Gasteiger charge is -2.08. The molecule has 0 spiro atoms. The van der Waals surface area contributed by atoms with Gasteiger partial charge in [0.25, 0.3) is 0 Å². The summed E-state index contributed by atoms with van der Waals surface area (Å²) in [4.78, 5) is 21.1. The number of aromatic carboxylic acids is 1. The van der Waals surface area contributed by atoms with Crippen LogP contribution in [0.1, 0.15) is 28.8 Å². The Labute approximate surface area is 110 Å². The Bertz CT molecular complexity index is 603. The molecule has 0 aliphatic carbocycles. The Morgan fingerprint density at radius 1 is 1.21 bits per heavy atom. The first-order chi connectivity index (χ1) is 8.74. The van der Waals surface area contributed by atoms with Crippen LogP contribution in [-0.4, -0.2) is 36.3 Å². The van der Waals surface area contributed by atoms with Gasteiger partial charge < -0.3 is 10.2 Å². The maximum absolute atomic E-state index is 12.0. The van der Waals surface area contributed by atoms with Gasteiger partial charge in [-0.15, -0.1) is 0 Å². The average Bonchev–Trinajstić information content (AvgIpc) is 2.28. The molecule has 0 amide bonds. The van der Waals surface area contributed by atoms with Gasteiger partial charge in [0, 0.05) is 6.42 Å². The Hall–Kier alpha value is -1.89. The number of sulfone groups is 1. The second-order valence-corrected chi connectivity index (χ2v) is 6.18. The van der Waals surface area contributed by atoms with Crippen molar-refractivity contribution in [2.75, 3.05) is 5.75 Å². The van der Waals surface area contributed by atoms with Gasteiger partial charge in [-0.3, -0.25) is 4.79 Å². The molecule has 1 aromatic carbocycles. The minimum atomic E-state index is -3.67. The fourth-order valence-corrected chi connectivity index (χ4v) is 3.20. The molecular weight excluding hydrogens is 272 g/mol. The number of carboxylic acids is 2. The van der Waals surface area contributed by atoms with Gasteiger partial charge in [0.2, 0.25) is 0 Å². The van der Waals surface area contributed by atoms with E-state index >= 15 is 0 Å². The van der Waals surface area contributed by atoms with Crippen molar-refractivity contribution < 1.29 is 28.2 Å². The van der Waals surface area contributed by atoms with Gasteiger partial charge in [0.1, 0.15) is 0 Å². The summed E-state index contributed by atoms with van der Waals surface area (Å²) in [5.41, 5.74) is 0.336. The van der Waals surface area contributed by atoms with Crippen molar-refractivity contribution in [1.29, 1.82) is 0 Å². The Kier molecular flexibility index (Phi) is 4.66. The van der Waals surface area contributed by atoms with Crippen LogP contribution in [-0.2, 0) is 14.6 Å². The van der Waals surface area contributed by atoms with Crippen molar-refractivity contribution in [3.63, 3.8) is 0 Å². The van der Waals surface area contributed by atoms with E-state index in [9.17, 15) is 18.0 Å². The first-order valence-corrected chi connectivity index (χ1v) is 7.18. The van der Waals surface area contributed by atoms with Gasteiger partial charge in [0.15, 0.2) is 9.84 Å². The lowest BCUT2D eigenvalue weighted by atomic mass is 10.1. The summed E-state index contributed by atoms with van der Waals surface area (Å²) < 4.78 is 24.0. The Balaban J connectivity index is 3.03. The van der Waals surface area contributed by atoms with E-state index in [4.69, 9.17) is 10.2 Å². The number of rotatable bonds is 6. The van der Waals surface area contributed by atoms with E-state index in [1.807, 2.05) is 0 Å². The molecule has 0 bridgehead atoms. The van der Waals surface area contributed by atoms with Gasteiger partial charge in [-0.25, -0.2) is 13.2 Å². The number of hydrogen-bond donors (Lipinski definition) is 2. The molecule has 7 heteroatoms. The molecule has 0 fully saturated rings. The molecule has 0 atom stereocenters. The summed E-state index contributed by atoms with van der Waals surface area (Å²) >= 11 is 0. The molecule has 19 heavy (non-hydrogen) atoms. The normalized spacial score (nSPS) is 11.2. The number of hydrogen-bond acceptors (Lipinski definition) is 4. The van der Waals surface area contributed by atoms with E-state index in [-0.39, 0.29) is 29.1 Å². The molecule has 0 radical (unpaired) electrons. The fraction of sp³-hybridized carbons (Fsp3) is 0.333. The van der Waals surface area contributed by atoms with Gasteiger partial charge in [0.05, 0.1) is 16.2 Å². The van der Waals surface area contributed by atoms with Crippen molar-refractivity contribution >= 4 is 21.8 Å². The van der Waals surface area contributed by atoms with Crippen molar-refractivity contribution in [3.05, 3.63) is 29.3 Å². The third-order valence-corrected chi connectivity index (χ3v) is 4.51. The second kappa shape index (κ2) is 5.83. The molecule has 2 N–H and O–H groups in total. The number of carboxylic acid groups (broad SMARTS) is 2. The van der Waals surface area contributed by atoms with Crippen LogP contribution < -0.4 is 0 Å². The molecule has 0 saturated carbocycles. The molecule has 0 unspecified atom stereocenters.